The number of ether oxygens (including phenoxy) is 3. The number of para-hydroxylation sites is 2. The Hall–Kier alpha value is -3.55. The van der Waals surface area contributed by atoms with E-state index in [0.717, 1.165) is 0 Å². The molecule has 152 valence electrons. The largest absolute Gasteiger partial charge is 0.496 e. The Kier molecular flexibility index (Phi) is 6.01. The lowest BCUT2D eigenvalue weighted by Gasteiger charge is -2.33. The number of fused-ring (bicyclic) bond motifs is 1. The molecule has 29 heavy (non-hydrogen) atoms. The third-order valence-electron chi connectivity index (χ3n) is 4.58. The first kappa shape index (κ1) is 20.2. The van der Waals surface area contributed by atoms with Crippen LogP contribution in [0.3, 0.4) is 0 Å². The number of carbonyl (C=O) groups is 3. The number of hydrogen-bond acceptors (Lipinski definition) is 6. The second-order valence-electron chi connectivity index (χ2n) is 6.45. The summed E-state index contributed by atoms with van der Waals surface area (Å²) in [5, 5.41) is 2.79. The van der Waals surface area contributed by atoms with Gasteiger partial charge in [0.1, 0.15) is 17.1 Å². The molecular formula is C21H22N2O6. The lowest BCUT2D eigenvalue weighted by atomic mass is 10.1. The fraction of sp³-hybridized carbons (Fsp3) is 0.286. The van der Waals surface area contributed by atoms with E-state index >= 15 is 0 Å². The van der Waals surface area contributed by atoms with Crippen LogP contribution in [0.5, 0.6) is 11.5 Å². The molecule has 2 aromatic rings. The van der Waals surface area contributed by atoms with Crippen LogP contribution in [0.2, 0.25) is 0 Å². The van der Waals surface area contributed by atoms with Gasteiger partial charge in [-0.05, 0) is 29.8 Å². The second kappa shape index (κ2) is 8.64. The average molecular weight is 398 g/mol. The van der Waals surface area contributed by atoms with Gasteiger partial charge in [0.05, 0.1) is 26.5 Å². The first-order valence-electron chi connectivity index (χ1n) is 9.01. The van der Waals surface area contributed by atoms with Crippen molar-refractivity contribution in [2.24, 2.45) is 0 Å². The molecule has 1 N–H and O–H groups in total. The highest BCUT2D eigenvalue weighted by atomic mass is 16.5. The van der Waals surface area contributed by atoms with E-state index in [-0.39, 0.29) is 30.5 Å². The van der Waals surface area contributed by atoms with E-state index in [9.17, 15) is 14.4 Å². The van der Waals surface area contributed by atoms with Gasteiger partial charge in [0.2, 0.25) is 5.91 Å². The molecule has 8 heteroatoms. The summed E-state index contributed by atoms with van der Waals surface area (Å²) in [7, 11) is 2.75. The highest BCUT2D eigenvalue weighted by molar-refractivity contribution is 5.96. The summed E-state index contributed by atoms with van der Waals surface area (Å²) >= 11 is 0. The van der Waals surface area contributed by atoms with E-state index in [1.54, 1.807) is 42.5 Å². The van der Waals surface area contributed by atoms with Crippen LogP contribution in [0.25, 0.3) is 0 Å². The molecule has 1 aliphatic heterocycles. The summed E-state index contributed by atoms with van der Waals surface area (Å²) in [4.78, 5) is 38.1. The van der Waals surface area contributed by atoms with E-state index in [0.29, 0.717) is 22.7 Å². The van der Waals surface area contributed by atoms with Crippen LogP contribution in [0.15, 0.2) is 42.5 Å². The molecule has 1 atom stereocenters. The number of carbonyl (C=O) groups excluding carboxylic acids is 3. The van der Waals surface area contributed by atoms with Gasteiger partial charge >= 0.3 is 5.97 Å². The Morgan fingerprint density at radius 3 is 2.62 bits per heavy atom. The molecule has 0 radical (unpaired) electrons. The molecule has 3 rings (SSSR count). The Bertz CT molecular complexity index is 943. The monoisotopic (exact) mass is 398 g/mol. The number of anilines is 1. The maximum atomic E-state index is 12.7. The number of esters is 1. The Morgan fingerprint density at radius 2 is 1.93 bits per heavy atom. The second-order valence-corrected chi connectivity index (χ2v) is 6.45. The Labute approximate surface area is 168 Å². The highest BCUT2D eigenvalue weighted by Gasteiger charge is 2.32. The number of nitrogens with zero attached hydrogens (tertiary/aromatic N) is 1. The molecule has 2 aromatic carbocycles. The van der Waals surface area contributed by atoms with Gasteiger partial charge in [-0.25, -0.2) is 4.79 Å². The van der Waals surface area contributed by atoms with Crippen LogP contribution in [0.4, 0.5) is 5.69 Å². The van der Waals surface area contributed by atoms with Gasteiger partial charge in [-0.2, -0.15) is 0 Å². The van der Waals surface area contributed by atoms with Gasteiger partial charge in [0, 0.05) is 13.5 Å². The Morgan fingerprint density at radius 1 is 1.17 bits per heavy atom. The first-order chi connectivity index (χ1) is 13.9. The SMILES string of the molecule is COC(=O)c1cc(CNC(=O)C2CN(C(C)=O)c3ccccc3O2)ccc1OC. The standard InChI is InChI=1S/C21H22N2O6/c1-13(24)23-12-19(29-18-7-5-4-6-16(18)23)20(25)22-11-14-8-9-17(27-2)15(10-14)21(26)28-3/h4-10,19H,11-12H2,1-3H3,(H,22,25). The van der Waals surface area contributed by atoms with Crippen molar-refractivity contribution in [3.8, 4) is 11.5 Å². The predicted molar refractivity (Wildman–Crippen MR) is 105 cm³/mol. The van der Waals surface area contributed by atoms with Gasteiger partial charge < -0.3 is 24.4 Å². The molecular weight excluding hydrogens is 376 g/mol. The topological polar surface area (TPSA) is 94.2 Å². The van der Waals surface area contributed by atoms with Crippen LogP contribution in [-0.2, 0) is 20.9 Å². The van der Waals surface area contributed by atoms with E-state index in [1.165, 1.54) is 26.0 Å². The van der Waals surface area contributed by atoms with Crippen LogP contribution in [0.1, 0.15) is 22.8 Å². The molecule has 0 spiro atoms. The molecule has 0 saturated carbocycles. The molecule has 8 nitrogen and oxygen atoms in total. The van der Waals surface area contributed by atoms with Crippen LogP contribution in [-0.4, -0.2) is 44.7 Å². The lowest BCUT2D eigenvalue weighted by molar-refractivity contribution is -0.128. The van der Waals surface area contributed by atoms with Crippen molar-refractivity contribution in [3.05, 3.63) is 53.6 Å². The Balaban J connectivity index is 1.71. The van der Waals surface area contributed by atoms with Gasteiger partial charge in [-0.15, -0.1) is 0 Å². The van der Waals surface area contributed by atoms with Crippen LogP contribution >= 0.6 is 0 Å². The summed E-state index contributed by atoms with van der Waals surface area (Å²) in [5.41, 5.74) is 1.61. The van der Waals surface area contributed by atoms with Gasteiger partial charge in [0.25, 0.3) is 5.91 Å². The minimum Gasteiger partial charge on any atom is -0.496 e. The van der Waals surface area contributed by atoms with Crippen LogP contribution < -0.4 is 19.7 Å². The van der Waals surface area contributed by atoms with Crippen molar-refractivity contribution in [2.45, 2.75) is 19.6 Å². The maximum Gasteiger partial charge on any atom is 0.341 e. The van der Waals surface area contributed by atoms with Crippen LogP contribution in [0, 0.1) is 0 Å². The molecule has 1 heterocycles. The number of nitrogens with one attached hydrogen (secondary N) is 1. The van der Waals surface area contributed by atoms with E-state index in [2.05, 4.69) is 5.32 Å². The van der Waals surface area contributed by atoms with Crippen molar-refractivity contribution in [1.29, 1.82) is 0 Å². The smallest absolute Gasteiger partial charge is 0.341 e. The minimum absolute atomic E-state index is 0.119. The summed E-state index contributed by atoms with van der Waals surface area (Å²) < 4.78 is 15.7. The molecule has 0 fully saturated rings. The zero-order chi connectivity index (χ0) is 21.0. The average Bonchev–Trinajstić information content (AvgIpc) is 2.75. The van der Waals surface area contributed by atoms with E-state index in [1.807, 2.05) is 0 Å². The van der Waals surface area contributed by atoms with Gasteiger partial charge in [-0.3, -0.25) is 9.59 Å². The fourth-order valence-corrected chi connectivity index (χ4v) is 3.11. The highest BCUT2D eigenvalue weighted by Crippen LogP contribution is 2.33. The maximum absolute atomic E-state index is 12.7. The molecule has 0 aromatic heterocycles. The number of rotatable bonds is 5. The number of hydrogen-bond donors (Lipinski definition) is 1. The predicted octanol–water partition coefficient (Wildman–Crippen LogP) is 1.91. The number of methoxy groups -OCH3 is 2. The summed E-state index contributed by atoms with van der Waals surface area (Å²) in [6.07, 6.45) is -0.841. The van der Waals surface area contributed by atoms with Crippen molar-refractivity contribution in [2.75, 3.05) is 25.7 Å². The fourth-order valence-electron chi connectivity index (χ4n) is 3.11. The molecule has 1 unspecified atom stereocenters. The first-order valence-corrected chi connectivity index (χ1v) is 9.01. The lowest BCUT2D eigenvalue weighted by Crippen LogP contribution is -2.50. The van der Waals surface area contributed by atoms with Gasteiger partial charge in [-0.1, -0.05) is 18.2 Å². The zero-order valence-corrected chi connectivity index (χ0v) is 16.4. The minimum atomic E-state index is -0.841. The molecule has 0 saturated heterocycles. The molecule has 0 aliphatic carbocycles. The third kappa shape index (κ3) is 4.31. The quantitative estimate of drug-likeness (QED) is 0.774. The van der Waals surface area contributed by atoms with Crippen molar-refractivity contribution < 1.29 is 28.6 Å². The molecule has 0 bridgehead atoms. The third-order valence-corrected chi connectivity index (χ3v) is 4.58. The molecule has 2 amide bonds. The zero-order valence-electron chi connectivity index (χ0n) is 16.4. The van der Waals surface area contributed by atoms with E-state index < -0.39 is 12.1 Å². The molecule has 1 aliphatic rings. The normalized spacial score (nSPS) is 15.0. The van der Waals surface area contributed by atoms with Crippen molar-refractivity contribution >= 4 is 23.5 Å². The summed E-state index contributed by atoms with van der Waals surface area (Å²) in [5.74, 6) is -0.195. The van der Waals surface area contributed by atoms with Crippen molar-refractivity contribution in [3.63, 3.8) is 0 Å². The van der Waals surface area contributed by atoms with E-state index in [4.69, 9.17) is 14.2 Å². The summed E-state index contributed by atoms with van der Waals surface area (Å²) in [6.45, 7) is 1.74. The summed E-state index contributed by atoms with van der Waals surface area (Å²) in [6, 6.07) is 12.1. The van der Waals surface area contributed by atoms with Gasteiger partial charge in [0.15, 0.2) is 6.10 Å². The van der Waals surface area contributed by atoms with Crippen molar-refractivity contribution in [1.82, 2.24) is 5.32 Å². The number of benzene rings is 2. The number of amides is 2.